The van der Waals surface area contributed by atoms with E-state index in [9.17, 15) is 0 Å². The molecule has 0 saturated heterocycles. The first-order chi connectivity index (χ1) is 10.9. The Morgan fingerprint density at radius 2 is 1.82 bits per heavy atom. The van der Waals surface area contributed by atoms with E-state index in [1.807, 2.05) is 6.20 Å². The van der Waals surface area contributed by atoms with Gasteiger partial charge in [-0.1, -0.05) is 30.3 Å². The van der Waals surface area contributed by atoms with E-state index in [0.29, 0.717) is 0 Å². The Bertz CT molecular complexity index is 584. The number of aromatic nitrogens is 2. The van der Waals surface area contributed by atoms with Gasteiger partial charge >= 0.3 is 0 Å². The van der Waals surface area contributed by atoms with Crippen LogP contribution in [0.2, 0.25) is 0 Å². The first-order valence-electron chi connectivity index (χ1n) is 8.67. The summed E-state index contributed by atoms with van der Waals surface area (Å²) in [7, 11) is 0. The third-order valence-corrected chi connectivity index (χ3v) is 4.99. The van der Waals surface area contributed by atoms with Gasteiger partial charge in [0.15, 0.2) is 0 Å². The van der Waals surface area contributed by atoms with Crippen molar-refractivity contribution >= 4 is 0 Å². The second-order valence-corrected chi connectivity index (χ2v) is 6.86. The van der Waals surface area contributed by atoms with Crippen LogP contribution in [0.5, 0.6) is 0 Å². The van der Waals surface area contributed by atoms with Crippen LogP contribution in [0.1, 0.15) is 37.1 Å². The van der Waals surface area contributed by atoms with Crippen LogP contribution in [0.25, 0.3) is 0 Å². The Labute approximate surface area is 132 Å². The molecule has 0 unspecified atom stereocenters. The van der Waals surface area contributed by atoms with Crippen molar-refractivity contribution in [3.8, 4) is 0 Å². The molecule has 0 bridgehead atoms. The van der Waals surface area contributed by atoms with Crippen LogP contribution in [0, 0.1) is 11.8 Å². The van der Waals surface area contributed by atoms with Crippen LogP contribution in [0.4, 0.5) is 0 Å². The topological polar surface area (TPSA) is 29.9 Å². The molecule has 2 aliphatic rings. The van der Waals surface area contributed by atoms with Gasteiger partial charge in [-0.3, -0.25) is 0 Å². The normalized spacial score (nSPS) is 18.0. The fourth-order valence-electron chi connectivity index (χ4n) is 3.47. The van der Waals surface area contributed by atoms with Gasteiger partial charge in [-0.25, -0.2) is 4.98 Å². The van der Waals surface area contributed by atoms with Crippen molar-refractivity contribution in [2.24, 2.45) is 11.8 Å². The largest absolute Gasteiger partial charge is 0.330 e. The molecule has 2 aromatic rings. The molecule has 1 N–H and O–H groups in total. The molecule has 0 atom stereocenters. The minimum atomic E-state index is 0.789. The minimum Gasteiger partial charge on any atom is -0.330 e. The van der Waals surface area contributed by atoms with Crippen molar-refractivity contribution in [1.29, 1.82) is 0 Å². The van der Waals surface area contributed by atoms with E-state index in [1.54, 1.807) is 0 Å². The lowest BCUT2D eigenvalue weighted by Crippen LogP contribution is -2.34. The molecule has 116 valence electrons. The molecule has 1 heterocycles. The maximum absolute atomic E-state index is 4.55. The van der Waals surface area contributed by atoms with Crippen LogP contribution in [0.3, 0.4) is 0 Å². The number of nitrogens with one attached hydrogen (secondary N) is 1. The maximum Gasteiger partial charge on any atom is 0.110 e. The van der Waals surface area contributed by atoms with Crippen LogP contribution < -0.4 is 5.32 Å². The molecule has 1 aromatic heterocycles. The second-order valence-electron chi connectivity index (χ2n) is 6.86. The smallest absolute Gasteiger partial charge is 0.110 e. The summed E-state index contributed by atoms with van der Waals surface area (Å²) in [6.45, 7) is 1.98. The highest BCUT2D eigenvalue weighted by molar-refractivity contribution is 5.15. The summed E-state index contributed by atoms with van der Waals surface area (Å²) in [5, 5.41) is 3.82. The molecule has 2 aliphatic carbocycles. The summed E-state index contributed by atoms with van der Waals surface area (Å²) >= 11 is 0. The summed E-state index contributed by atoms with van der Waals surface area (Å²) in [6, 6.07) is 11.4. The van der Waals surface area contributed by atoms with Crippen molar-refractivity contribution in [2.45, 2.75) is 44.7 Å². The van der Waals surface area contributed by atoms with Crippen molar-refractivity contribution < 1.29 is 0 Å². The van der Waals surface area contributed by atoms with Gasteiger partial charge in [-0.2, -0.15) is 0 Å². The van der Waals surface area contributed by atoms with Gasteiger partial charge in [0, 0.05) is 37.9 Å². The zero-order valence-electron chi connectivity index (χ0n) is 13.1. The zero-order chi connectivity index (χ0) is 14.8. The Kier molecular flexibility index (Phi) is 3.98. The summed E-state index contributed by atoms with van der Waals surface area (Å²) < 4.78 is 2.28. The van der Waals surface area contributed by atoms with Crippen LogP contribution in [-0.4, -0.2) is 22.1 Å². The molecule has 1 aromatic carbocycles. The molecule has 4 rings (SSSR count). The number of hydrogen-bond acceptors (Lipinski definition) is 2. The van der Waals surface area contributed by atoms with Gasteiger partial charge in [-0.05, 0) is 43.1 Å². The second kappa shape index (κ2) is 6.25. The highest BCUT2D eigenvalue weighted by Crippen LogP contribution is 2.44. The van der Waals surface area contributed by atoms with E-state index >= 15 is 0 Å². The lowest BCUT2D eigenvalue weighted by Gasteiger charge is -2.17. The Balaban J connectivity index is 1.32. The van der Waals surface area contributed by atoms with E-state index in [2.05, 4.69) is 51.4 Å². The van der Waals surface area contributed by atoms with E-state index in [1.165, 1.54) is 37.1 Å². The lowest BCUT2D eigenvalue weighted by atomic mass is 10.1. The molecule has 0 spiro atoms. The summed E-state index contributed by atoms with van der Waals surface area (Å²) in [5.74, 6) is 3.13. The molecule has 3 heteroatoms. The molecule has 22 heavy (non-hydrogen) atoms. The third-order valence-electron chi connectivity index (χ3n) is 4.99. The molecule has 0 amide bonds. The van der Waals surface area contributed by atoms with Crippen molar-refractivity contribution in [3.05, 3.63) is 54.1 Å². The first kappa shape index (κ1) is 14.0. The lowest BCUT2D eigenvalue weighted by molar-refractivity contribution is 0.417. The van der Waals surface area contributed by atoms with E-state index in [0.717, 1.165) is 37.4 Å². The summed E-state index contributed by atoms with van der Waals surface area (Å²) in [4.78, 5) is 4.55. The standard InChI is InChI=1S/C19H25N3/c1-2-4-15(5-3-1)14-22-13-12-20-18(22)10-11-21-19(16-6-7-16)17-8-9-17/h1-5,12-13,16-17,19,21H,6-11,14H2. The molecule has 2 saturated carbocycles. The molecule has 3 nitrogen and oxygen atoms in total. The molecule has 0 radical (unpaired) electrons. The minimum absolute atomic E-state index is 0.789. The van der Waals surface area contributed by atoms with Gasteiger partial charge < -0.3 is 9.88 Å². The third kappa shape index (κ3) is 3.41. The van der Waals surface area contributed by atoms with Crippen molar-refractivity contribution in [1.82, 2.24) is 14.9 Å². The number of nitrogens with zero attached hydrogens (tertiary/aromatic N) is 2. The predicted octanol–water partition coefficient (Wildman–Crippen LogP) is 3.25. The average molecular weight is 295 g/mol. The Hall–Kier alpha value is -1.61. The maximum atomic E-state index is 4.55. The highest BCUT2D eigenvalue weighted by Gasteiger charge is 2.40. The fourth-order valence-corrected chi connectivity index (χ4v) is 3.47. The van der Waals surface area contributed by atoms with Crippen LogP contribution in [0.15, 0.2) is 42.7 Å². The van der Waals surface area contributed by atoms with E-state index in [4.69, 9.17) is 0 Å². The molecular formula is C19H25N3. The average Bonchev–Trinajstić information content (AvgIpc) is 3.46. The van der Waals surface area contributed by atoms with Crippen LogP contribution in [-0.2, 0) is 13.0 Å². The van der Waals surface area contributed by atoms with Gasteiger partial charge in [0.2, 0.25) is 0 Å². The quantitative estimate of drug-likeness (QED) is 0.810. The van der Waals surface area contributed by atoms with Crippen LogP contribution >= 0.6 is 0 Å². The Morgan fingerprint density at radius 1 is 1.09 bits per heavy atom. The monoisotopic (exact) mass is 295 g/mol. The molecule has 0 aliphatic heterocycles. The number of rotatable bonds is 8. The molecular weight excluding hydrogens is 270 g/mol. The molecule has 2 fully saturated rings. The number of imidazole rings is 1. The number of benzene rings is 1. The van der Waals surface area contributed by atoms with E-state index in [-0.39, 0.29) is 0 Å². The van der Waals surface area contributed by atoms with Crippen molar-refractivity contribution in [3.63, 3.8) is 0 Å². The van der Waals surface area contributed by atoms with Crippen molar-refractivity contribution in [2.75, 3.05) is 6.54 Å². The van der Waals surface area contributed by atoms with Gasteiger partial charge in [-0.15, -0.1) is 0 Å². The first-order valence-corrected chi connectivity index (χ1v) is 8.67. The Morgan fingerprint density at radius 3 is 2.50 bits per heavy atom. The summed E-state index contributed by atoms with van der Waals surface area (Å²) in [5.41, 5.74) is 1.34. The van der Waals surface area contributed by atoms with Gasteiger partial charge in [0.05, 0.1) is 0 Å². The highest BCUT2D eigenvalue weighted by atomic mass is 15.1. The van der Waals surface area contributed by atoms with E-state index < -0.39 is 0 Å². The predicted molar refractivity (Wildman–Crippen MR) is 88.7 cm³/mol. The fraction of sp³-hybridized carbons (Fsp3) is 0.526. The van der Waals surface area contributed by atoms with Gasteiger partial charge in [0.1, 0.15) is 5.82 Å². The number of hydrogen-bond donors (Lipinski definition) is 1. The zero-order valence-corrected chi connectivity index (χ0v) is 13.1. The summed E-state index contributed by atoms with van der Waals surface area (Å²) in [6.07, 6.45) is 10.8. The SMILES string of the molecule is c1ccc(Cn2ccnc2CCNC(C2CC2)C2CC2)cc1. The van der Waals surface area contributed by atoms with Gasteiger partial charge in [0.25, 0.3) is 0 Å².